The first kappa shape index (κ1) is 11.7. The molecule has 0 aliphatic heterocycles. The number of nitrogens with zero attached hydrogens (tertiary/aromatic N) is 1. The molecule has 1 amide bonds. The van der Waals surface area contributed by atoms with Crippen LogP contribution in [-0.2, 0) is 11.2 Å². The van der Waals surface area contributed by atoms with E-state index in [0.717, 1.165) is 22.7 Å². The van der Waals surface area contributed by atoms with Crippen molar-refractivity contribution in [3.05, 3.63) is 28.2 Å². The molecule has 0 unspecified atom stereocenters. The minimum Gasteiger partial charge on any atom is -0.411 e. The highest BCUT2D eigenvalue weighted by molar-refractivity contribution is 9.10. The highest BCUT2D eigenvalue weighted by atomic mass is 79.9. The Hall–Kier alpha value is -1.36. The zero-order valence-electron chi connectivity index (χ0n) is 8.20. The summed E-state index contributed by atoms with van der Waals surface area (Å²) >= 11 is 3.35. The molecule has 2 N–H and O–H groups in total. The topological polar surface area (TPSA) is 61.7 Å². The zero-order chi connectivity index (χ0) is 11.3. The van der Waals surface area contributed by atoms with Gasteiger partial charge in [0.15, 0.2) is 0 Å². The number of carbonyl (C=O) groups is 1. The van der Waals surface area contributed by atoms with Gasteiger partial charge in [0, 0.05) is 10.2 Å². The molecule has 0 aromatic heterocycles. The van der Waals surface area contributed by atoms with Crippen LogP contribution in [0.2, 0.25) is 0 Å². The van der Waals surface area contributed by atoms with E-state index < -0.39 is 5.91 Å². The zero-order valence-corrected chi connectivity index (χ0v) is 9.78. The van der Waals surface area contributed by atoms with Crippen molar-refractivity contribution in [1.29, 1.82) is 0 Å². The van der Waals surface area contributed by atoms with Gasteiger partial charge in [0.25, 0.3) is 5.91 Å². The first-order valence-corrected chi connectivity index (χ1v) is 5.23. The largest absolute Gasteiger partial charge is 0.411 e. The van der Waals surface area contributed by atoms with E-state index in [4.69, 9.17) is 5.21 Å². The molecule has 0 fully saturated rings. The van der Waals surface area contributed by atoms with E-state index in [0.29, 0.717) is 5.69 Å². The van der Waals surface area contributed by atoms with Gasteiger partial charge in [-0.1, -0.05) is 28.0 Å². The Kier molecular flexibility index (Phi) is 4.30. The fourth-order valence-corrected chi connectivity index (χ4v) is 1.69. The van der Waals surface area contributed by atoms with Gasteiger partial charge >= 0.3 is 0 Å². The molecule has 0 spiro atoms. The molecule has 1 aromatic rings. The summed E-state index contributed by atoms with van der Waals surface area (Å²) in [7, 11) is 0. The van der Waals surface area contributed by atoms with Gasteiger partial charge in [-0.2, -0.15) is 0 Å². The van der Waals surface area contributed by atoms with Crippen molar-refractivity contribution in [2.45, 2.75) is 13.3 Å². The van der Waals surface area contributed by atoms with Crippen molar-refractivity contribution in [3.63, 3.8) is 0 Å². The molecule has 0 bridgehead atoms. The lowest BCUT2D eigenvalue weighted by atomic mass is 10.1. The van der Waals surface area contributed by atoms with Gasteiger partial charge in [0.1, 0.15) is 6.21 Å². The standard InChI is InChI=1S/C10H11BrN2O2/c1-2-7-3-8(11)5-9(4-7)13-10(14)6-12-15/h3-6,15H,2H2,1H3,(H,13,14). The number of nitrogens with one attached hydrogen (secondary N) is 1. The summed E-state index contributed by atoms with van der Waals surface area (Å²) in [6.45, 7) is 2.03. The second-order valence-electron chi connectivity index (χ2n) is 2.94. The van der Waals surface area contributed by atoms with Crippen LogP contribution in [0.15, 0.2) is 27.8 Å². The maximum absolute atomic E-state index is 11.1. The van der Waals surface area contributed by atoms with Crippen molar-refractivity contribution in [2.24, 2.45) is 5.16 Å². The van der Waals surface area contributed by atoms with Crippen LogP contribution in [-0.4, -0.2) is 17.3 Å². The van der Waals surface area contributed by atoms with Crippen molar-refractivity contribution in [1.82, 2.24) is 0 Å². The molecule has 0 aliphatic carbocycles. The summed E-state index contributed by atoms with van der Waals surface area (Å²) in [4.78, 5) is 11.1. The van der Waals surface area contributed by atoms with Gasteiger partial charge in [0.05, 0.1) is 0 Å². The third-order valence-electron chi connectivity index (χ3n) is 1.81. The predicted molar refractivity (Wildman–Crippen MR) is 62.4 cm³/mol. The van der Waals surface area contributed by atoms with Crippen LogP contribution < -0.4 is 5.32 Å². The lowest BCUT2D eigenvalue weighted by molar-refractivity contribution is -0.110. The summed E-state index contributed by atoms with van der Waals surface area (Å²) in [6.07, 6.45) is 1.70. The van der Waals surface area contributed by atoms with Crippen LogP contribution in [0.4, 0.5) is 5.69 Å². The van der Waals surface area contributed by atoms with Gasteiger partial charge in [-0.05, 0) is 30.2 Å². The van der Waals surface area contributed by atoms with Gasteiger partial charge in [-0.25, -0.2) is 0 Å². The number of anilines is 1. The van der Waals surface area contributed by atoms with Gasteiger partial charge in [-0.15, -0.1) is 0 Å². The van der Waals surface area contributed by atoms with Crippen molar-refractivity contribution < 1.29 is 10.0 Å². The van der Waals surface area contributed by atoms with Crippen LogP contribution in [0.1, 0.15) is 12.5 Å². The monoisotopic (exact) mass is 270 g/mol. The highest BCUT2D eigenvalue weighted by Crippen LogP contribution is 2.19. The fourth-order valence-electron chi connectivity index (χ4n) is 1.15. The molecule has 1 rings (SSSR count). The molecule has 15 heavy (non-hydrogen) atoms. The van der Waals surface area contributed by atoms with E-state index in [1.807, 2.05) is 19.1 Å². The number of halogens is 1. The molecule has 0 atom stereocenters. The molecular weight excluding hydrogens is 260 g/mol. The Morgan fingerprint density at radius 3 is 2.93 bits per heavy atom. The molecular formula is C10H11BrN2O2. The van der Waals surface area contributed by atoms with Gasteiger partial charge in [0.2, 0.25) is 0 Å². The third kappa shape index (κ3) is 3.71. The van der Waals surface area contributed by atoms with Gasteiger partial charge < -0.3 is 10.5 Å². The summed E-state index contributed by atoms with van der Waals surface area (Å²) < 4.78 is 0.901. The Bertz CT molecular complexity index is 391. The number of benzene rings is 1. The average Bonchev–Trinajstić information content (AvgIpc) is 2.17. The third-order valence-corrected chi connectivity index (χ3v) is 2.27. The van der Waals surface area contributed by atoms with Crippen molar-refractivity contribution >= 4 is 33.7 Å². The average molecular weight is 271 g/mol. The Labute approximate surface area is 96.1 Å². The summed E-state index contributed by atoms with van der Waals surface area (Å²) in [5.41, 5.74) is 1.78. The van der Waals surface area contributed by atoms with Crippen LogP contribution >= 0.6 is 15.9 Å². The first-order chi connectivity index (χ1) is 7.15. The van der Waals surface area contributed by atoms with E-state index in [1.165, 1.54) is 0 Å². The number of hydrogen-bond donors (Lipinski definition) is 2. The molecule has 0 aliphatic rings. The number of rotatable bonds is 3. The Morgan fingerprint density at radius 1 is 1.60 bits per heavy atom. The number of oxime groups is 1. The summed E-state index contributed by atoms with van der Waals surface area (Å²) in [6, 6.07) is 5.63. The van der Waals surface area contributed by atoms with Crippen molar-refractivity contribution in [2.75, 3.05) is 5.32 Å². The normalized spacial score (nSPS) is 10.5. The quantitative estimate of drug-likeness (QED) is 0.503. The molecule has 0 saturated carbocycles. The summed E-state index contributed by atoms with van der Waals surface area (Å²) in [5, 5.41) is 13.4. The van der Waals surface area contributed by atoms with E-state index >= 15 is 0 Å². The maximum atomic E-state index is 11.1. The summed E-state index contributed by atoms with van der Waals surface area (Å²) in [5.74, 6) is -0.461. The molecule has 0 radical (unpaired) electrons. The van der Waals surface area contributed by atoms with Gasteiger partial charge in [-0.3, -0.25) is 4.79 Å². The van der Waals surface area contributed by atoms with E-state index in [9.17, 15) is 4.79 Å². The van der Waals surface area contributed by atoms with E-state index in [-0.39, 0.29) is 0 Å². The highest BCUT2D eigenvalue weighted by Gasteiger charge is 2.01. The minimum atomic E-state index is -0.461. The second kappa shape index (κ2) is 5.50. The van der Waals surface area contributed by atoms with Crippen LogP contribution in [0, 0.1) is 0 Å². The number of carbonyl (C=O) groups excluding carboxylic acids is 1. The smallest absolute Gasteiger partial charge is 0.270 e. The SMILES string of the molecule is CCc1cc(Br)cc(NC(=O)C=NO)c1. The molecule has 5 heteroatoms. The molecule has 4 nitrogen and oxygen atoms in total. The Balaban J connectivity index is 2.85. The van der Waals surface area contributed by atoms with Crippen LogP contribution in [0.5, 0.6) is 0 Å². The van der Waals surface area contributed by atoms with Crippen LogP contribution in [0.3, 0.4) is 0 Å². The lowest BCUT2D eigenvalue weighted by Gasteiger charge is -2.05. The minimum absolute atomic E-state index is 0.461. The maximum Gasteiger partial charge on any atom is 0.270 e. The first-order valence-electron chi connectivity index (χ1n) is 4.43. The molecule has 80 valence electrons. The second-order valence-corrected chi connectivity index (χ2v) is 3.85. The van der Waals surface area contributed by atoms with E-state index in [1.54, 1.807) is 6.07 Å². The van der Waals surface area contributed by atoms with Crippen LogP contribution in [0.25, 0.3) is 0 Å². The number of aryl methyl sites for hydroxylation is 1. The van der Waals surface area contributed by atoms with Crippen molar-refractivity contribution in [3.8, 4) is 0 Å². The molecule has 1 aromatic carbocycles. The number of amides is 1. The molecule has 0 saturated heterocycles. The fraction of sp³-hybridized carbons (Fsp3) is 0.200. The number of hydrogen-bond acceptors (Lipinski definition) is 3. The predicted octanol–water partition coefficient (Wildman–Crippen LogP) is 2.41. The van der Waals surface area contributed by atoms with E-state index in [2.05, 4.69) is 26.4 Å². The molecule has 0 heterocycles. The lowest BCUT2D eigenvalue weighted by Crippen LogP contribution is -2.12. The Morgan fingerprint density at radius 2 is 2.33 bits per heavy atom.